The van der Waals surface area contributed by atoms with Crippen molar-refractivity contribution < 1.29 is 10.2 Å². The van der Waals surface area contributed by atoms with Crippen LogP contribution >= 0.6 is 39.9 Å². The van der Waals surface area contributed by atoms with Crippen LogP contribution in [0.15, 0.2) is 15.2 Å². The van der Waals surface area contributed by atoms with Crippen molar-refractivity contribution in [3.63, 3.8) is 0 Å². The fraction of sp³-hybridized carbons (Fsp3) is 0.429. The van der Waals surface area contributed by atoms with Gasteiger partial charge in [-0.15, -0.1) is 0 Å². The van der Waals surface area contributed by atoms with E-state index >= 15 is 0 Å². The Kier molecular flexibility index (Phi) is 4.05. The molecule has 1 heterocycles. The van der Waals surface area contributed by atoms with Crippen LogP contribution in [0.25, 0.3) is 0 Å². The molecule has 0 aliphatic rings. The lowest BCUT2D eigenvalue weighted by molar-refractivity contribution is 0.0336. The molecule has 12 heavy (non-hydrogen) atoms. The Bertz CT molecular complexity index is 251. The second-order valence-corrected chi connectivity index (χ2v) is 4.33. The summed E-state index contributed by atoms with van der Waals surface area (Å²) >= 11 is 8.66. The highest BCUT2D eigenvalue weighted by molar-refractivity contribution is 9.10. The van der Waals surface area contributed by atoms with Crippen molar-refractivity contribution in [1.82, 2.24) is 0 Å². The van der Waals surface area contributed by atoms with Crippen LogP contribution in [0, 0.1) is 0 Å². The first-order chi connectivity index (χ1) is 5.66. The van der Waals surface area contributed by atoms with Crippen LogP contribution in [0.1, 0.15) is 11.7 Å². The van der Waals surface area contributed by atoms with Crippen LogP contribution in [0.2, 0.25) is 0 Å². The van der Waals surface area contributed by atoms with E-state index in [1.165, 1.54) is 11.3 Å². The van der Waals surface area contributed by atoms with Crippen LogP contribution < -0.4 is 0 Å². The molecule has 5 heteroatoms. The van der Waals surface area contributed by atoms with Gasteiger partial charge in [-0.3, -0.25) is 0 Å². The first-order valence-corrected chi connectivity index (χ1v) is 5.72. The molecule has 2 unspecified atom stereocenters. The minimum absolute atomic E-state index is 0.253. The van der Waals surface area contributed by atoms with E-state index in [9.17, 15) is 10.2 Å². The molecule has 0 bridgehead atoms. The van der Waals surface area contributed by atoms with Crippen molar-refractivity contribution in [2.75, 3.05) is 5.75 Å². The molecule has 0 saturated heterocycles. The van der Waals surface area contributed by atoms with Gasteiger partial charge in [0.15, 0.2) is 0 Å². The normalized spacial score (nSPS) is 16.0. The van der Waals surface area contributed by atoms with Gasteiger partial charge in [0.2, 0.25) is 0 Å². The van der Waals surface area contributed by atoms with Gasteiger partial charge in [0.05, 0.1) is 6.10 Å². The summed E-state index contributed by atoms with van der Waals surface area (Å²) in [4.78, 5) is 0. The Morgan fingerprint density at radius 1 is 1.50 bits per heavy atom. The highest BCUT2D eigenvalue weighted by atomic mass is 79.9. The summed E-state index contributed by atoms with van der Waals surface area (Å²) in [6.45, 7) is 0. The summed E-state index contributed by atoms with van der Waals surface area (Å²) in [6, 6.07) is 0. The molecular formula is C7H9BrO2S2. The van der Waals surface area contributed by atoms with E-state index in [-0.39, 0.29) is 5.75 Å². The average molecular weight is 269 g/mol. The van der Waals surface area contributed by atoms with Crippen LogP contribution in [-0.2, 0) is 0 Å². The van der Waals surface area contributed by atoms with Gasteiger partial charge in [0.1, 0.15) is 6.10 Å². The molecule has 0 fully saturated rings. The molecule has 2 nitrogen and oxygen atoms in total. The van der Waals surface area contributed by atoms with E-state index in [1.807, 2.05) is 5.38 Å². The maximum absolute atomic E-state index is 9.54. The van der Waals surface area contributed by atoms with Crippen LogP contribution in [0.3, 0.4) is 0 Å². The predicted molar refractivity (Wildman–Crippen MR) is 56.8 cm³/mol. The van der Waals surface area contributed by atoms with Crippen molar-refractivity contribution >= 4 is 39.9 Å². The van der Waals surface area contributed by atoms with Gasteiger partial charge in [-0.1, -0.05) is 0 Å². The number of aliphatic hydroxyl groups excluding tert-OH is 2. The lowest BCUT2D eigenvalue weighted by atomic mass is 10.1. The number of halogens is 1. The first kappa shape index (κ1) is 10.5. The highest BCUT2D eigenvalue weighted by Gasteiger charge is 2.19. The molecule has 68 valence electrons. The number of rotatable bonds is 3. The molecule has 0 aliphatic carbocycles. The summed E-state index contributed by atoms with van der Waals surface area (Å²) in [7, 11) is 0. The summed E-state index contributed by atoms with van der Waals surface area (Å²) < 4.78 is 0.834. The van der Waals surface area contributed by atoms with E-state index in [4.69, 9.17) is 0 Å². The standard InChI is InChI=1S/C7H9BrO2S2/c8-5-3-12-2-4(5)7(10)6(9)1-11/h2-3,6-7,9-11H,1H2. The van der Waals surface area contributed by atoms with Gasteiger partial charge in [0, 0.05) is 21.2 Å². The second kappa shape index (κ2) is 4.62. The minimum atomic E-state index is -0.844. The van der Waals surface area contributed by atoms with Crippen LogP contribution in [0.5, 0.6) is 0 Å². The van der Waals surface area contributed by atoms with Gasteiger partial charge in [0.25, 0.3) is 0 Å². The molecule has 2 N–H and O–H groups in total. The third kappa shape index (κ3) is 2.23. The summed E-state index contributed by atoms with van der Waals surface area (Å²) in [5.74, 6) is 0.253. The number of thiol groups is 1. The monoisotopic (exact) mass is 268 g/mol. The Balaban J connectivity index is 2.77. The topological polar surface area (TPSA) is 40.5 Å². The van der Waals surface area contributed by atoms with E-state index in [2.05, 4.69) is 28.6 Å². The summed E-state index contributed by atoms with van der Waals surface area (Å²) in [6.07, 6.45) is -1.65. The average Bonchev–Trinajstić information content (AvgIpc) is 2.48. The van der Waals surface area contributed by atoms with Crippen molar-refractivity contribution in [3.8, 4) is 0 Å². The molecular weight excluding hydrogens is 260 g/mol. The van der Waals surface area contributed by atoms with E-state index in [0.717, 1.165) is 10.0 Å². The maximum Gasteiger partial charge on any atom is 0.108 e. The number of hydrogen-bond acceptors (Lipinski definition) is 4. The van der Waals surface area contributed by atoms with Gasteiger partial charge in [-0.05, 0) is 21.3 Å². The highest BCUT2D eigenvalue weighted by Crippen LogP contribution is 2.29. The molecule has 0 saturated carbocycles. The molecule has 0 amide bonds. The zero-order chi connectivity index (χ0) is 9.14. The van der Waals surface area contributed by atoms with Gasteiger partial charge in [-0.2, -0.15) is 24.0 Å². The van der Waals surface area contributed by atoms with Crippen LogP contribution in [-0.4, -0.2) is 22.1 Å². The lowest BCUT2D eigenvalue weighted by Gasteiger charge is -2.14. The Morgan fingerprint density at radius 3 is 2.58 bits per heavy atom. The summed E-state index contributed by atoms with van der Waals surface area (Å²) in [5, 5.41) is 22.5. The van der Waals surface area contributed by atoms with Crippen molar-refractivity contribution in [2.45, 2.75) is 12.2 Å². The van der Waals surface area contributed by atoms with Crippen molar-refractivity contribution in [1.29, 1.82) is 0 Å². The molecule has 0 spiro atoms. The molecule has 0 aliphatic heterocycles. The van der Waals surface area contributed by atoms with Crippen molar-refractivity contribution in [3.05, 3.63) is 20.8 Å². The zero-order valence-electron chi connectivity index (χ0n) is 6.14. The lowest BCUT2D eigenvalue weighted by Crippen LogP contribution is -2.19. The molecule has 0 aromatic carbocycles. The fourth-order valence-electron chi connectivity index (χ4n) is 0.809. The molecule has 1 aromatic heterocycles. The zero-order valence-corrected chi connectivity index (χ0v) is 9.44. The fourth-order valence-corrected chi connectivity index (χ4v) is 2.57. The first-order valence-electron chi connectivity index (χ1n) is 3.35. The quantitative estimate of drug-likeness (QED) is 0.733. The number of aliphatic hydroxyl groups is 2. The molecule has 1 rings (SSSR count). The van der Waals surface area contributed by atoms with E-state index < -0.39 is 12.2 Å². The molecule has 2 atom stereocenters. The maximum atomic E-state index is 9.54. The van der Waals surface area contributed by atoms with Gasteiger partial charge in [-0.25, -0.2) is 0 Å². The largest absolute Gasteiger partial charge is 0.389 e. The Hall–Kier alpha value is 0.450. The summed E-state index contributed by atoms with van der Waals surface area (Å²) in [5.41, 5.74) is 0.724. The third-order valence-electron chi connectivity index (χ3n) is 1.51. The van der Waals surface area contributed by atoms with Gasteiger partial charge >= 0.3 is 0 Å². The third-order valence-corrected chi connectivity index (χ3v) is 3.64. The van der Waals surface area contributed by atoms with E-state index in [0.29, 0.717) is 0 Å². The molecule has 0 radical (unpaired) electrons. The predicted octanol–water partition coefficient (Wildman–Crippen LogP) is 1.83. The molecule has 1 aromatic rings. The minimum Gasteiger partial charge on any atom is -0.389 e. The van der Waals surface area contributed by atoms with Gasteiger partial charge < -0.3 is 10.2 Å². The number of hydrogen-bond donors (Lipinski definition) is 3. The number of thiophene rings is 1. The Labute approximate surface area is 88.8 Å². The second-order valence-electron chi connectivity index (χ2n) is 2.37. The van der Waals surface area contributed by atoms with E-state index in [1.54, 1.807) is 5.38 Å². The van der Waals surface area contributed by atoms with Crippen LogP contribution in [0.4, 0.5) is 0 Å². The van der Waals surface area contributed by atoms with Crippen molar-refractivity contribution in [2.24, 2.45) is 0 Å². The Morgan fingerprint density at radius 2 is 2.17 bits per heavy atom. The smallest absolute Gasteiger partial charge is 0.108 e. The SMILES string of the molecule is OC(CS)C(O)c1cscc1Br.